The number of amides is 1. The Morgan fingerprint density at radius 2 is 1.82 bits per heavy atom. The molecule has 0 aliphatic rings. The van der Waals surface area contributed by atoms with Gasteiger partial charge in [-0.15, -0.1) is 0 Å². The van der Waals surface area contributed by atoms with Crippen molar-refractivity contribution in [3.63, 3.8) is 0 Å². The third-order valence-electron chi connectivity index (χ3n) is 4.58. The summed E-state index contributed by atoms with van der Waals surface area (Å²) in [6.07, 6.45) is 1.74. The molecule has 1 heterocycles. The van der Waals surface area contributed by atoms with Crippen LogP contribution in [0.5, 0.6) is 5.75 Å². The summed E-state index contributed by atoms with van der Waals surface area (Å²) in [5.74, 6) is 0.294. The van der Waals surface area contributed by atoms with Gasteiger partial charge in [-0.1, -0.05) is 18.2 Å². The molecule has 0 aliphatic carbocycles. The highest BCUT2D eigenvalue weighted by molar-refractivity contribution is 5.94. The third kappa shape index (κ3) is 4.56. The van der Waals surface area contributed by atoms with Gasteiger partial charge in [-0.25, -0.2) is 0 Å². The van der Waals surface area contributed by atoms with E-state index >= 15 is 0 Å². The molecule has 2 aromatic carbocycles. The molecule has 1 aromatic heterocycles. The molecule has 0 spiro atoms. The van der Waals surface area contributed by atoms with Crippen molar-refractivity contribution in [3.05, 3.63) is 83.0 Å². The van der Waals surface area contributed by atoms with Gasteiger partial charge >= 0.3 is 0 Å². The lowest BCUT2D eigenvalue weighted by atomic mass is 9.99. The maximum absolute atomic E-state index is 11.4. The van der Waals surface area contributed by atoms with Crippen LogP contribution in [0.25, 0.3) is 11.3 Å². The van der Waals surface area contributed by atoms with Crippen LogP contribution in [0.1, 0.15) is 40.9 Å². The second kappa shape index (κ2) is 7.82. The van der Waals surface area contributed by atoms with Crippen molar-refractivity contribution in [2.45, 2.75) is 33.0 Å². The van der Waals surface area contributed by atoms with Crippen molar-refractivity contribution < 1.29 is 14.6 Å². The average Bonchev–Trinajstić information content (AvgIpc) is 2.66. The second-order valence-electron chi connectivity index (χ2n) is 7.32. The molecule has 0 radical (unpaired) electrons. The first-order valence-corrected chi connectivity index (χ1v) is 9.05. The van der Waals surface area contributed by atoms with Crippen LogP contribution >= 0.6 is 0 Å². The number of primary amides is 1. The van der Waals surface area contributed by atoms with Gasteiger partial charge in [0.05, 0.1) is 11.3 Å². The summed E-state index contributed by atoms with van der Waals surface area (Å²) in [6, 6.07) is 16.7. The monoisotopic (exact) mass is 376 g/mol. The Balaban J connectivity index is 1.73. The van der Waals surface area contributed by atoms with Gasteiger partial charge in [-0.05, 0) is 73.9 Å². The molecule has 0 bridgehead atoms. The first-order chi connectivity index (χ1) is 13.2. The van der Waals surface area contributed by atoms with Crippen molar-refractivity contribution >= 4 is 5.91 Å². The fraction of sp³-hybridized carbons (Fsp3) is 0.217. The van der Waals surface area contributed by atoms with Gasteiger partial charge < -0.3 is 15.6 Å². The van der Waals surface area contributed by atoms with Crippen LogP contribution in [-0.2, 0) is 12.2 Å². The molecule has 0 fully saturated rings. The van der Waals surface area contributed by atoms with Crippen LogP contribution in [0.3, 0.4) is 0 Å². The minimum absolute atomic E-state index is 0.399. The summed E-state index contributed by atoms with van der Waals surface area (Å²) in [7, 11) is 0. The fourth-order valence-electron chi connectivity index (χ4n) is 2.95. The average molecular weight is 376 g/mol. The van der Waals surface area contributed by atoms with Crippen LogP contribution in [0, 0.1) is 6.92 Å². The molecular weight excluding hydrogens is 352 g/mol. The van der Waals surface area contributed by atoms with Gasteiger partial charge in [0, 0.05) is 17.3 Å². The summed E-state index contributed by atoms with van der Waals surface area (Å²) in [6.45, 7) is 5.75. The second-order valence-corrected chi connectivity index (χ2v) is 7.32. The quantitative estimate of drug-likeness (QED) is 0.682. The maximum Gasteiger partial charge on any atom is 0.248 e. The Kier molecular flexibility index (Phi) is 5.47. The number of carbonyl (C=O) groups is 1. The smallest absolute Gasteiger partial charge is 0.248 e. The normalized spacial score (nSPS) is 11.3. The lowest BCUT2D eigenvalue weighted by Gasteiger charge is -2.18. The highest BCUT2D eigenvalue weighted by Crippen LogP contribution is 2.24. The molecule has 0 unspecified atom stereocenters. The Labute approximate surface area is 164 Å². The molecular formula is C23H24N2O3. The van der Waals surface area contributed by atoms with E-state index < -0.39 is 11.5 Å². The minimum atomic E-state index is -0.874. The van der Waals surface area contributed by atoms with Crippen LogP contribution < -0.4 is 10.5 Å². The number of carbonyl (C=O) groups excluding carboxylic acids is 1. The molecule has 0 saturated heterocycles. The number of nitrogens with two attached hydrogens (primary N) is 1. The number of aliphatic hydroxyl groups is 1. The number of aryl methyl sites for hydroxylation is 1. The largest absolute Gasteiger partial charge is 0.489 e. The summed E-state index contributed by atoms with van der Waals surface area (Å²) < 4.78 is 5.85. The van der Waals surface area contributed by atoms with E-state index in [1.807, 2.05) is 55.5 Å². The van der Waals surface area contributed by atoms with Crippen LogP contribution in [0.15, 0.2) is 60.8 Å². The Morgan fingerprint density at radius 1 is 1.11 bits per heavy atom. The summed E-state index contributed by atoms with van der Waals surface area (Å²) in [4.78, 5) is 15.8. The highest BCUT2D eigenvalue weighted by Gasteiger charge is 2.15. The van der Waals surface area contributed by atoms with Crippen molar-refractivity contribution in [1.82, 2.24) is 4.98 Å². The Bertz CT molecular complexity index is 989. The summed E-state index contributed by atoms with van der Waals surface area (Å²) >= 11 is 0. The van der Waals surface area contributed by atoms with Gasteiger partial charge in [0.15, 0.2) is 0 Å². The predicted molar refractivity (Wildman–Crippen MR) is 109 cm³/mol. The molecule has 3 aromatic rings. The number of hydrogen-bond acceptors (Lipinski definition) is 4. The van der Waals surface area contributed by atoms with E-state index in [1.54, 1.807) is 26.1 Å². The Morgan fingerprint density at radius 3 is 2.43 bits per heavy atom. The number of benzene rings is 2. The lowest BCUT2D eigenvalue weighted by molar-refractivity contribution is 0.0785. The highest BCUT2D eigenvalue weighted by atomic mass is 16.5. The van der Waals surface area contributed by atoms with Gasteiger partial charge in [0.1, 0.15) is 12.4 Å². The molecule has 3 rings (SSSR count). The van der Waals surface area contributed by atoms with Crippen LogP contribution in [0.4, 0.5) is 0 Å². The number of rotatable bonds is 6. The van der Waals surface area contributed by atoms with Crippen LogP contribution in [0.2, 0.25) is 0 Å². The van der Waals surface area contributed by atoms with Crippen molar-refractivity contribution in [2.24, 2.45) is 5.73 Å². The summed E-state index contributed by atoms with van der Waals surface area (Å²) in [5, 5.41) is 10.0. The first-order valence-electron chi connectivity index (χ1n) is 9.05. The van der Waals surface area contributed by atoms with E-state index in [-0.39, 0.29) is 0 Å². The van der Waals surface area contributed by atoms with Gasteiger partial charge in [-0.3, -0.25) is 9.78 Å². The van der Waals surface area contributed by atoms with Gasteiger partial charge in [0.2, 0.25) is 5.91 Å². The topological polar surface area (TPSA) is 85.4 Å². The van der Waals surface area contributed by atoms with E-state index in [4.69, 9.17) is 10.5 Å². The van der Waals surface area contributed by atoms with E-state index in [9.17, 15) is 9.90 Å². The standard InChI is InChI=1S/C23H24N2O3/c1-15-12-17(4-9-20(15)22(24)26)21-13-16(10-11-25-21)14-28-19-7-5-18(6-8-19)23(2,3)27/h4-13,27H,14H2,1-3H3,(H2,24,26). The number of aromatic nitrogens is 1. The van der Waals surface area contributed by atoms with E-state index in [2.05, 4.69) is 4.98 Å². The molecule has 3 N–H and O–H groups in total. The van der Waals surface area contributed by atoms with Crippen LogP contribution in [-0.4, -0.2) is 16.0 Å². The molecule has 1 amide bonds. The SMILES string of the molecule is Cc1cc(-c2cc(COc3ccc(C(C)(C)O)cc3)ccn2)ccc1C(N)=O. The Hall–Kier alpha value is -3.18. The van der Waals surface area contributed by atoms with E-state index in [1.165, 1.54) is 0 Å². The molecule has 5 heteroatoms. The molecule has 5 nitrogen and oxygen atoms in total. The minimum Gasteiger partial charge on any atom is -0.489 e. The van der Waals surface area contributed by atoms with Gasteiger partial charge in [-0.2, -0.15) is 0 Å². The number of ether oxygens (including phenoxy) is 1. The molecule has 0 aliphatic heterocycles. The lowest BCUT2D eigenvalue weighted by Crippen LogP contribution is -2.14. The van der Waals surface area contributed by atoms with E-state index in [0.29, 0.717) is 12.2 Å². The van der Waals surface area contributed by atoms with Crippen molar-refractivity contribution in [2.75, 3.05) is 0 Å². The van der Waals surface area contributed by atoms with Crippen molar-refractivity contribution in [3.8, 4) is 17.0 Å². The zero-order valence-corrected chi connectivity index (χ0v) is 16.3. The first kappa shape index (κ1) is 19.6. The number of hydrogen-bond donors (Lipinski definition) is 2. The molecule has 0 atom stereocenters. The predicted octanol–water partition coefficient (Wildman–Crippen LogP) is 3.96. The zero-order chi connectivity index (χ0) is 20.3. The fourth-order valence-corrected chi connectivity index (χ4v) is 2.95. The molecule has 144 valence electrons. The van der Waals surface area contributed by atoms with Crippen molar-refractivity contribution in [1.29, 1.82) is 0 Å². The summed E-state index contributed by atoms with van der Waals surface area (Å²) in [5.41, 5.74) is 9.36. The van der Waals surface area contributed by atoms with Gasteiger partial charge in [0.25, 0.3) is 0 Å². The molecule has 28 heavy (non-hydrogen) atoms. The third-order valence-corrected chi connectivity index (χ3v) is 4.58. The maximum atomic E-state index is 11.4. The molecule has 0 saturated carbocycles. The number of pyridine rings is 1. The zero-order valence-electron chi connectivity index (χ0n) is 16.3. The van der Waals surface area contributed by atoms with E-state index in [0.717, 1.165) is 33.7 Å². The number of nitrogens with zero attached hydrogens (tertiary/aromatic N) is 1.